The van der Waals surface area contributed by atoms with E-state index in [0.29, 0.717) is 11.5 Å². The quantitative estimate of drug-likeness (QED) is 0.750. The summed E-state index contributed by atoms with van der Waals surface area (Å²) in [6.45, 7) is 0.214. The van der Waals surface area contributed by atoms with E-state index in [2.05, 4.69) is 4.72 Å². The van der Waals surface area contributed by atoms with Gasteiger partial charge in [0.25, 0.3) is 0 Å². The first kappa shape index (κ1) is 17.2. The van der Waals surface area contributed by atoms with Gasteiger partial charge in [0.2, 0.25) is 10.0 Å². The first-order chi connectivity index (χ1) is 11.0. The molecule has 1 N–H and O–H groups in total. The first-order valence-electron chi connectivity index (χ1n) is 6.98. The van der Waals surface area contributed by atoms with E-state index in [1.807, 2.05) is 6.07 Å². The molecule has 23 heavy (non-hydrogen) atoms. The highest BCUT2D eigenvalue weighted by molar-refractivity contribution is 7.88. The predicted octanol–water partition coefficient (Wildman–Crippen LogP) is 2.33. The van der Waals surface area contributed by atoms with Gasteiger partial charge in [-0.25, -0.2) is 17.5 Å². The zero-order valence-electron chi connectivity index (χ0n) is 12.7. The number of benzene rings is 2. The van der Waals surface area contributed by atoms with Crippen molar-refractivity contribution in [3.63, 3.8) is 0 Å². The molecule has 0 fully saturated rings. The van der Waals surface area contributed by atoms with Crippen molar-refractivity contribution in [1.29, 1.82) is 0 Å². The molecule has 0 spiro atoms. The third-order valence-corrected chi connectivity index (χ3v) is 4.39. The van der Waals surface area contributed by atoms with Crippen LogP contribution in [0.5, 0.6) is 11.5 Å². The molecule has 0 aliphatic carbocycles. The van der Waals surface area contributed by atoms with Crippen molar-refractivity contribution in [1.82, 2.24) is 4.72 Å². The Balaban J connectivity index is 1.84. The summed E-state index contributed by atoms with van der Waals surface area (Å²) in [6, 6.07) is 12.9. The Morgan fingerprint density at radius 2 is 1.70 bits per heavy atom. The van der Waals surface area contributed by atoms with Gasteiger partial charge in [-0.1, -0.05) is 30.3 Å². The topological polar surface area (TPSA) is 64.6 Å². The molecule has 0 bridgehead atoms. The monoisotopic (exact) mass is 339 g/mol. The molecule has 5 nitrogen and oxygen atoms in total. The molecule has 0 heterocycles. The van der Waals surface area contributed by atoms with Gasteiger partial charge in [0.1, 0.15) is 12.4 Å². The number of halogens is 1. The molecule has 2 aromatic carbocycles. The van der Waals surface area contributed by atoms with E-state index in [-0.39, 0.29) is 18.7 Å². The lowest BCUT2D eigenvalue weighted by Crippen LogP contribution is -2.29. The minimum atomic E-state index is -3.63. The van der Waals surface area contributed by atoms with E-state index in [0.717, 1.165) is 0 Å². The van der Waals surface area contributed by atoms with Crippen LogP contribution in [0.2, 0.25) is 0 Å². The standard InChI is InChI=1S/C16H18FNO4S/c1-21-15-8-4-5-9-16(15)22-11-10-18-23(19,20)12-13-6-2-3-7-14(13)17/h2-9,18H,10-12H2,1H3. The predicted molar refractivity (Wildman–Crippen MR) is 85.5 cm³/mol. The highest BCUT2D eigenvalue weighted by atomic mass is 32.2. The molecule has 7 heteroatoms. The van der Waals surface area contributed by atoms with Crippen molar-refractivity contribution in [2.75, 3.05) is 20.3 Å². The summed E-state index contributed by atoms with van der Waals surface area (Å²) in [5.41, 5.74) is 0.130. The van der Waals surface area contributed by atoms with Gasteiger partial charge in [0.15, 0.2) is 11.5 Å². The lowest BCUT2D eigenvalue weighted by molar-refractivity contribution is 0.298. The molecule has 0 aromatic heterocycles. The molecule has 0 amide bonds. The van der Waals surface area contributed by atoms with Crippen LogP contribution in [0.3, 0.4) is 0 Å². The Labute approximate surface area is 135 Å². The number of hydrogen-bond donors (Lipinski definition) is 1. The fourth-order valence-electron chi connectivity index (χ4n) is 1.97. The largest absolute Gasteiger partial charge is 0.493 e. The summed E-state index contributed by atoms with van der Waals surface area (Å²) >= 11 is 0. The van der Waals surface area contributed by atoms with Crippen molar-refractivity contribution in [2.24, 2.45) is 0 Å². The van der Waals surface area contributed by atoms with Crippen LogP contribution >= 0.6 is 0 Å². The van der Waals surface area contributed by atoms with Crippen molar-refractivity contribution in [3.8, 4) is 11.5 Å². The van der Waals surface area contributed by atoms with Crippen LogP contribution in [-0.4, -0.2) is 28.7 Å². The summed E-state index contributed by atoms with van der Waals surface area (Å²) in [6.07, 6.45) is 0. The fourth-order valence-corrected chi connectivity index (χ4v) is 3.11. The molecule has 0 aliphatic rings. The lowest BCUT2D eigenvalue weighted by Gasteiger charge is -2.11. The van der Waals surface area contributed by atoms with Crippen molar-refractivity contribution in [2.45, 2.75) is 5.75 Å². The Bertz CT molecular complexity index is 749. The van der Waals surface area contributed by atoms with E-state index in [4.69, 9.17) is 9.47 Å². The molecule has 2 rings (SSSR count). The maximum absolute atomic E-state index is 13.5. The van der Waals surface area contributed by atoms with Gasteiger partial charge >= 0.3 is 0 Å². The molecular formula is C16H18FNO4S. The second-order valence-corrected chi connectivity index (χ2v) is 6.55. The number of methoxy groups -OCH3 is 1. The zero-order valence-corrected chi connectivity index (χ0v) is 13.5. The van der Waals surface area contributed by atoms with Gasteiger partial charge in [0.05, 0.1) is 12.9 Å². The number of ether oxygens (including phenoxy) is 2. The second-order valence-electron chi connectivity index (χ2n) is 4.74. The molecule has 124 valence electrons. The third-order valence-electron chi connectivity index (χ3n) is 3.05. The van der Waals surface area contributed by atoms with Crippen LogP contribution in [0, 0.1) is 5.82 Å². The molecule has 0 unspecified atom stereocenters. The van der Waals surface area contributed by atoms with E-state index >= 15 is 0 Å². The first-order valence-corrected chi connectivity index (χ1v) is 8.63. The van der Waals surface area contributed by atoms with E-state index in [1.54, 1.807) is 24.3 Å². The van der Waals surface area contributed by atoms with Crippen molar-refractivity contribution >= 4 is 10.0 Å². The van der Waals surface area contributed by atoms with Gasteiger partial charge in [-0.05, 0) is 18.2 Å². The summed E-state index contributed by atoms with van der Waals surface area (Å²) in [5.74, 6) is 0.155. The Morgan fingerprint density at radius 1 is 1.04 bits per heavy atom. The minimum Gasteiger partial charge on any atom is -0.493 e. The number of rotatable bonds is 8. The van der Waals surface area contributed by atoms with Crippen LogP contribution < -0.4 is 14.2 Å². The number of para-hydroxylation sites is 2. The van der Waals surface area contributed by atoms with Gasteiger partial charge in [-0.3, -0.25) is 0 Å². The molecule has 0 radical (unpaired) electrons. The van der Waals surface area contributed by atoms with Crippen LogP contribution in [-0.2, 0) is 15.8 Å². The number of sulfonamides is 1. The summed E-state index contributed by atoms with van der Waals surface area (Å²) in [5, 5.41) is 0. The van der Waals surface area contributed by atoms with Crippen LogP contribution in [0.4, 0.5) is 4.39 Å². The van der Waals surface area contributed by atoms with Gasteiger partial charge in [0, 0.05) is 12.1 Å². The summed E-state index contributed by atoms with van der Waals surface area (Å²) in [7, 11) is -2.10. The van der Waals surface area contributed by atoms with Gasteiger partial charge < -0.3 is 9.47 Å². The third kappa shape index (κ3) is 5.22. The summed E-state index contributed by atoms with van der Waals surface area (Å²) < 4.78 is 50.3. The molecular weight excluding hydrogens is 321 g/mol. The van der Waals surface area contributed by atoms with Crippen LogP contribution in [0.25, 0.3) is 0 Å². The number of nitrogens with one attached hydrogen (secondary N) is 1. The highest BCUT2D eigenvalue weighted by Gasteiger charge is 2.14. The maximum Gasteiger partial charge on any atom is 0.216 e. The Hall–Kier alpha value is -2.12. The second kappa shape index (κ2) is 7.94. The Morgan fingerprint density at radius 3 is 2.39 bits per heavy atom. The average Bonchev–Trinajstić information content (AvgIpc) is 2.54. The minimum absolute atomic E-state index is 0.0782. The number of hydrogen-bond acceptors (Lipinski definition) is 4. The van der Waals surface area contributed by atoms with Gasteiger partial charge in [-0.15, -0.1) is 0 Å². The van der Waals surface area contributed by atoms with Crippen molar-refractivity contribution < 1.29 is 22.3 Å². The normalized spacial score (nSPS) is 11.2. The van der Waals surface area contributed by atoms with E-state index in [9.17, 15) is 12.8 Å². The van der Waals surface area contributed by atoms with Crippen LogP contribution in [0.1, 0.15) is 5.56 Å². The summed E-state index contributed by atoms with van der Waals surface area (Å²) in [4.78, 5) is 0. The Kier molecular flexibility index (Phi) is 5.95. The zero-order chi connectivity index (χ0) is 16.7. The molecule has 0 saturated heterocycles. The highest BCUT2D eigenvalue weighted by Crippen LogP contribution is 2.25. The molecule has 0 atom stereocenters. The van der Waals surface area contributed by atoms with E-state index in [1.165, 1.54) is 25.3 Å². The van der Waals surface area contributed by atoms with Gasteiger partial charge in [-0.2, -0.15) is 0 Å². The molecule has 2 aromatic rings. The average molecular weight is 339 g/mol. The maximum atomic E-state index is 13.5. The van der Waals surface area contributed by atoms with Crippen molar-refractivity contribution in [3.05, 3.63) is 59.9 Å². The lowest BCUT2D eigenvalue weighted by atomic mass is 10.2. The molecule has 0 saturated carbocycles. The van der Waals surface area contributed by atoms with Crippen LogP contribution in [0.15, 0.2) is 48.5 Å². The molecule has 0 aliphatic heterocycles. The smallest absolute Gasteiger partial charge is 0.216 e. The SMILES string of the molecule is COc1ccccc1OCCNS(=O)(=O)Cc1ccccc1F. The van der Waals surface area contributed by atoms with E-state index < -0.39 is 21.6 Å². The fraction of sp³-hybridized carbons (Fsp3) is 0.250.